The Labute approximate surface area is 105 Å². The number of nitrogens with one attached hydrogen (secondary N) is 1. The van der Waals surface area contributed by atoms with Crippen molar-refractivity contribution >= 4 is 5.91 Å². The third kappa shape index (κ3) is 6.03. The van der Waals surface area contributed by atoms with Crippen molar-refractivity contribution in [1.82, 2.24) is 10.2 Å². The third-order valence-corrected chi connectivity index (χ3v) is 3.22. The Morgan fingerprint density at radius 2 is 1.94 bits per heavy atom. The third-order valence-electron chi connectivity index (χ3n) is 3.22. The van der Waals surface area contributed by atoms with Crippen LogP contribution in [0.4, 0.5) is 0 Å². The van der Waals surface area contributed by atoms with E-state index in [0.717, 1.165) is 6.54 Å². The molecular formula is C13H27N3O. The van der Waals surface area contributed by atoms with E-state index in [1.54, 1.807) is 0 Å². The van der Waals surface area contributed by atoms with Crippen LogP contribution in [0.2, 0.25) is 0 Å². The Kier molecular flexibility index (Phi) is 5.40. The molecule has 0 aromatic heterocycles. The maximum atomic E-state index is 11.6. The van der Waals surface area contributed by atoms with Crippen molar-refractivity contribution in [2.75, 3.05) is 19.6 Å². The summed E-state index contributed by atoms with van der Waals surface area (Å²) in [7, 11) is 0. The van der Waals surface area contributed by atoms with Crippen LogP contribution in [0.3, 0.4) is 0 Å². The maximum Gasteiger partial charge on any atom is 0.221 e. The minimum Gasteiger partial charge on any atom is -0.354 e. The molecule has 1 amide bonds. The molecule has 0 bridgehead atoms. The zero-order valence-electron chi connectivity index (χ0n) is 11.5. The van der Waals surface area contributed by atoms with Gasteiger partial charge in [0.1, 0.15) is 0 Å². The molecule has 0 aromatic rings. The zero-order valence-corrected chi connectivity index (χ0v) is 11.5. The summed E-state index contributed by atoms with van der Waals surface area (Å²) in [6.45, 7) is 8.99. The van der Waals surface area contributed by atoms with E-state index < -0.39 is 5.54 Å². The summed E-state index contributed by atoms with van der Waals surface area (Å²) < 4.78 is 0. The molecule has 0 spiro atoms. The summed E-state index contributed by atoms with van der Waals surface area (Å²) in [6.07, 6.45) is 4.30. The molecule has 17 heavy (non-hydrogen) atoms. The fraction of sp³-hybridized carbons (Fsp3) is 0.923. The van der Waals surface area contributed by atoms with E-state index >= 15 is 0 Å². The first-order valence-electron chi connectivity index (χ1n) is 6.68. The van der Waals surface area contributed by atoms with Gasteiger partial charge in [-0.3, -0.25) is 9.69 Å². The van der Waals surface area contributed by atoms with Crippen LogP contribution in [0, 0.1) is 0 Å². The maximum absolute atomic E-state index is 11.6. The monoisotopic (exact) mass is 241 g/mol. The number of carbonyl (C=O) groups is 1. The van der Waals surface area contributed by atoms with E-state index in [9.17, 15) is 4.79 Å². The first-order valence-corrected chi connectivity index (χ1v) is 6.68. The SMILES string of the molecule is CC(CNC(=O)CC(C)(C)N)N1CCCCC1. The molecule has 1 fully saturated rings. The molecule has 0 radical (unpaired) electrons. The minimum atomic E-state index is -0.418. The van der Waals surface area contributed by atoms with Gasteiger partial charge in [0, 0.05) is 24.5 Å². The van der Waals surface area contributed by atoms with E-state index in [1.807, 2.05) is 13.8 Å². The lowest BCUT2D eigenvalue weighted by atomic mass is 10.0. The van der Waals surface area contributed by atoms with Gasteiger partial charge in [0.2, 0.25) is 5.91 Å². The summed E-state index contributed by atoms with van der Waals surface area (Å²) in [5.74, 6) is 0.0568. The van der Waals surface area contributed by atoms with Crippen LogP contribution in [0.25, 0.3) is 0 Å². The largest absolute Gasteiger partial charge is 0.354 e. The summed E-state index contributed by atoms with van der Waals surface area (Å²) in [6, 6.07) is 0.431. The summed E-state index contributed by atoms with van der Waals surface area (Å²) in [5, 5.41) is 2.98. The van der Waals surface area contributed by atoms with Crippen LogP contribution < -0.4 is 11.1 Å². The zero-order chi connectivity index (χ0) is 12.9. The van der Waals surface area contributed by atoms with Gasteiger partial charge < -0.3 is 11.1 Å². The molecule has 1 unspecified atom stereocenters. The number of amides is 1. The Balaban J connectivity index is 2.22. The van der Waals surface area contributed by atoms with Crippen molar-refractivity contribution in [1.29, 1.82) is 0 Å². The lowest BCUT2D eigenvalue weighted by Crippen LogP contribution is -2.46. The molecule has 100 valence electrons. The highest BCUT2D eigenvalue weighted by Gasteiger charge is 2.19. The highest BCUT2D eigenvalue weighted by molar-refractivity contribution is 5.77. The van der Waals surface area contributed by atoms with Gasteiger partial charge in [-0.2, -0.15) is 0 Å². The quantitative estimate of drug-likeness (QED) is 0.758. The summed E-state index contributed by atoms with van der Waals surface area (Å²) in [4.78, 5) is 14.1. The second-order valence-electron chi connectivity index (χ2n) is 5.92. The van der Waals surface area contributed by atoms with Crippen LogP contribution in [-0.2, 0) is 4.79 Å². The smallest absolute Gasteiger partial charge is 0.221 e. The number of piperidine rings is 1. The summed E-state index contributed by atoms with van der Waals surface area (Å²) >= 11 is 0. The molecule has 1 aliphatic rings. The molecule has 1 atom stereocenters. The van der Waals surface area contributed by atoms with Crippen LogP contribution in [0.15, 0.2) is 0 Å². The van der Waals surface area contributed by atoms with E-state index in [2.05, 4.69) is 17.1 Å². The molecule has 1 rings (SSSR count). The number of carbonyl (C=O) groups excluding carboxylic acids is 1. The Hall–Kier alpha value is -0.610. The predicted molar refractivity (Wildman–Crippen MR) is 70.8 cm³/mol. The van der Waals surface area contributed by atoms with Crippen molar-refractivity contribution in [3.05, 3.63) is 0 Å². The van der Waals surface area contributed by atoms with Crippen LogP contribution in [0.5, 0.6) is 0 Å². The fourth-order valence-corrected chi connectivity index (χ4v) is 2.23. The highest BCUT2D eigenvalue weighted by atomic mass is 16.1. The summed E-state index contributed by atoms with van der Waals surface area (Å²) in [5.41, 5.74) is 5.40. The lowest BCUT2D eigenvalue weighted by Gasteiger charge is -2.32. The van der Waals surface area contributed by atoms with Crippen molar-refractivity contribution < 1.29 is 4.79 Å². The highest BCUT2D eigenvalue weighted by Crippen LogP contribution is 2.11. The Morgan fingerprint density at radius 3 is 2.47 bits per heavy atom. The average Bonchev–Trinajstić information content (AvgIpc) is 2.25. The van der Waals surface area contributed by atoms with E-state index in [1.165, 1.54) is 32.4 Å². The molecule has 1 heterocycles. The van der Waals surface area contributed by atoms with Crippen molar-refractivity contribution in [2.45, 2.75) is 58.0 Å². The fourth-order valence-electron chi connectivity index (χ4n) is 2.23. The second kappa shape index (κ2) is 6.36. The number of rotatable bonds is 5. The van der Waals surface area contributed by atoms with Crippen molar-refractivity contribution in [3.63, 3.8) is 0 Å². The molecule has 0 saturated carbocycles. The van der Waals surface area contributed by atoms with Crippen molar-refractivity contribution in [2.24, 2.45) is 5.73 Å². The topological polar surface area (TPSA) is 58.4 Å². The van der Waals surface area contributed by atoms with Gasteiger partial charge in [0.25, 0.3) is 0 Å². The molecule has 1 saturated heterocycles. The van der Waals surface area contributed by atoms with E-state index in [4.69, 9.17) is 5.73 Å². The Morgan fingerprint density at radius 1 is 1.35 bits per heavy atom. The van der Waals surface area contributed by atoms with E-state index in [0.29, 0.717) is 12.5 Å². The van der Waals surface area contributed by atoms with Gasteiger partial charge in [0.15, 0.2) is 0 Å². The van der Waals surface area contributed by atoms with Crippen LogP contribution >= 0.6 is 0 Å². The molecule has 3 N–H and O–H groups in total. The van der Waals surface area contributed by atoms with Gasteiger partial charge in [-0.1, -0.05) is 6.42 Å². The first-order chi connectivity index (χ1) is 7.88. The number of hydrogen-bond donors (Lipinski definition) is 2. The number of nitrogens with two attached hydrogens (primary N) is 1. The standard InChI is InChI=1S/C13H27N3O/c1-11(16-7-5-4-6-8-16)10-15-12(17)9-13(2,3)14/h11H,4-10,14H2,1-3H3,(H,15,17). The number of likely N-dealkylation sites (tertiary alicyclic amines) is 1. The van der Waals surface area contributed by atoms with Gasteiger partial charge >= 0.3 is 0 Å². The molecule has 0 aromatic carbocycles. The molecule has 0 aliphatic carbocycles. The molecule has 1 aliphatic heterocycles. The number of nitrogens with zero attached hydrogens (tertiary/aromatic N) is 1. The van der Waals surface area contributed by atoms with Gasteiger partial charge in [-0.25, -0.2) is 0 Å². The minimum absolute atomic E-state index is 0.0568. The molecule has 4 heteroatoms. The Bertz CT molecular complexity index is 242. The predicted octanol–water partition coefficient (Wildman–Crippen LogP) is 1.10. The van der Waals surface area contributed by atoms with Gasteiger partial charge in [-0.05, 0) is 46.7 Å². The first kappa shape index (κ1) is 14.5. The average molecular weight is 241 g/mol. The van der Waals surface area contributed by atoms with Crippen LogP contribution in [0.1, 0.15) is 46.5 Å². The van der Waals surface area contributed by atoms with Crippen molar-refractivity contribution in [3.8, 4) is 0 Å². The molecule has 4 nitrogen and oxygen atoms in total. The molecular weight excluding hydrogens is 214 g/mol. The number of hydrogen-bond acceptors (Lipinski definition) is 3. The lowest BCUT2D eigenvalue weighted by molar-refractivity contribution is -0.122. The van der Waals surface area contributed by atoms with Crippen LogP contribution in [-0.4, -0.2) is 42.0 Å². The normalized spacial score (nSPS) is 20.0. The van der Waals surface area contributed by atoms with Gasteiger partial charge in [-0.15, -0.1) is 0 Å². The van der Waals surface area contributed by atoms with E-state index in [-0.39, 0.29) is 5.91 Å². The second-order valence-corrected chi connectivity index (χ2v) is 5.92. The van der Waals surface area contributed by atoms with Gasteiger partial charge in [0.05, 0.1) is 0 Å².